The second kappa shape index (κ2) is 3.70. The van der Waals surface area contributed by atoms with Gasteiger partial charge in [-0.15, -0.1) is 0 Å². The fourth-order valence-corrected chi connectivity index (χ4v) is 1.81. The van der Waals surface area contributed by atoms with Crippen molar-refractivity contribution in [1.29, 1.82) is 0 Å². The van der Waals surface area contributed by atoms with Crippen molar-refractivity contribution in [3.63, 3.8) is 0 Å². The van der Waals surface area contributed by atoms with Gasteiger partial charge in [0.15, 0.2) is 0 Å². The van der Waals surface area contributed by atoms with Crippen LogP contribution in [0.3, 0.4) is 0 Å². The lowest BCUT2D eigenvalue weighted by molar-refractivity contribution is -0.119. The Labute approximate surface area is 83.5 Å². The number of benzene rings is 1. The van der Waals surface area contributed by atoms with E-state index in [4.69, 9.17) is 0 Å². The third-order valence-electron chi connectivity index (χ3n) is 2.54. The van der Waals surface area contributed by atoms with Crippen molar-refractivity contribution >= 4 is 11.6 Å². The van der Waals surface area contributed by atoms with E-state index in [0.29, 0.717) is 5.92 Å². The lowest BCUT2D eigenvalue weighted by atomic mass is 10.0. The first kappa shape index (κ1) is 9.06. The first-order valence-electron chi connectivity index (χ1n) is 4.84. The van der Waals surface area contributed by atoms with Gasteiger partial charge in [-0.1, -0.05) is 18.2 Å². The quantitative estimate of drug-likeness (QED) is 0.738. The van der Waals surface area contributed by atoms with Crippen molar-refractivity contribution in [3.05, 3.63) is 29.8 Å². The molecule has 1 atom stereocenters. The summed E-state index contributed by atoms with van der Waals surface area (Å²) < 4.78 is 0. The summed E-state index contributed by atoms with van der Waals surface area (Å²) in [5.74, 6) is 0.449. The van der Waals surface area contributed by atoms with Crippen LogP contribution in [-0.2, 0) is 4.79 Å². The van der Waals surface area contributed by atoms with Crippen LogP contribution in [0.4, 0.5) is 5.69 Å². The van der Waals surface area contributed by atoms with Crippen molar-refractivity contribution in [2.45, 2.75) is 12.8 Å². The summed E-state index contributed by atoms with van der Waals surface area (Å²) in [6.45, 7) is 3.19. The molecule has 2 rings (SSSR count). The topological polar surface area (TPSA) is 41.1 Å². The SMILES string of the molecule is CC(=O)NC[C@H]1CNc2ccccc21. The Hall–Kier alpha value is -1.51. The summed E-state index contributed by atoms with van der Waals surface area (Å²) in [6, 6.07) is 8.24. The monoisotopic (exact) mass is 190 g/mol. The summed E-state index contributed by atoms with van der Waals surface area (Å²) in [7, 11) is 0. The van der Waals surface area contributed by atoms with Gasteiger partial charge < -0.3 is 10.6 Å². The number of amides is 1. The minimum atomic E-state index is 0.0365. The Morgan fingerprint density at radius 2 is 2.36 bits per heavy atom. The van der Waals surface area contributed by atoms with Crippen LogP contribution in [0.15, 0.2) is 24.3 Å². The van der Waals surface area contributed by atoms with Crippen LogP contribution in [0.5, 0.6) is 0 Å². The molecule has 74 valence electrons. The third-order valence-corrected chi connectivity index (χ3v) is 2.54. The Kier molecular flexibility index (Phi) is 2.39. The Balaban J connectivity index is 2.07. The molecule has 0 aromatic heterocycles. The predicted molar refractivity (Wildman–Crippen MR) is 56.4 cm³/mol. The number of carbonyl (C=O) groups is 1. The van der Waals surface area contributed by atoms with E-state index in [-0.39, 0.29) is 5.91 Å². The number of anilines is 1. The number of carbonyl (C=O) groups excluding carboxylic acids is 1. The number of hydrogen-bond acceptors (Lipinski definition) is 2. The maximum atomic E-state index is 10.8. The van der Waals surface area contributed by atoms with Crippen LogP contribution in [0.1, 0.15) is 18.4 Å². The Bertz CT molecular complexity index is 349. The number of rotatable bonds is 2. The molecule has 1 amide bonds. The second-order valence-electron chi connectivity index (χ2n) is 3.60. The highest BCUT2D eigenvalue weighted by atomic mass is 16.1. The summed E-state index contributed by atoms with van der Waals surface area (Å²) >= 11 is 0. The highest BCUT2D eigenvalue weighted by Gasteiger charge is 2.20. The van der Waals surface area contributed by atoms with Crippen molar-refractivity contribution in [3.8, 4) is 0 Å². The van der Waals surface area contributed by atoms with Crippen molar-refractivity contribution in [1.82, 2.24) is 5.32 Å². The van der Waals surface area contributed by atoms with Gasteiger partial charge in [-0.2, -0.15) is 0 Å². The Morgan fingerprint density at radius 3 is 3.14 bits per heavy atom. The molecule has 1 heterocycles. The zero-order valence-electron chi connectivity index (χ0n) is 8.21. The molecule has 1 aromatic rings. The summed E-state index contributed by atoms with van der Waals surface area (Å²) in [6.07, 6.45) is 0. The van der Waals surface area contributed by atoms with Gasteiger partial charge in [0.05, 0.1) is 0 Å². The van der Waals surface area contributed by atoms with E-state index in [1.807, 2.05) is 12.1 Å². The zero-order chi connectivity index (χ0) is 9.97. The fourth-order valence-electron chi connectivity index (χ4n) is 1.81. The number of hydrogen-bond donors (Lipinski definition) is 2. The average Bonchev–Trinajstić information content (AvgIpc) is 2.58. The summed E-state index contributed by atoms with van der Waals surface area (Å²) in [5.41, 5.74) is 2.50. The van der Waals surface area contributed by atoms with Gasteiger partial charge in [-0.25, -0.2) is 0 Å². The average molecular weight is 190 g/mol. The summed E-state index contributed by atoms with van der Waals surface area (Å²) in [4.78, 5) is 10.8. The molecule has 0 fully saturated rings. The van der Waals surface area contributed by atoms with E-state index >= 15 is 0 Å². The van der Waals surface area contributed by atoms with Crippen LogP contribution in [0, 0.1) is 0 Å². The standard InChI is InChI=1S/C11H14N2O/c1-8(14)12-6-9-7-13-11-5-3-2-4-10(9)11/h2-5,9,13H,6-7H2,1H3,(H,12,14)/t9-/m0/s1. The van der Waals surface area contributed by atoms with Gasteiger partial charge in [-0.3, -0.25) is 4.79 Å². The largest absolute Gasteiger partial charge is 0.384 e. The van der Waals surface area contributed by atoms with Crippen LogP contribution < -0.4 is 10.6 Å². The summed E-state index contributed by atoms with van der Waals surface area (Å²) in [5, 5.41) is 6.17. The molecule has 0 radical (unpaired) electrons. The van der Waals surface area contributed by atoms with Gasteiger partial charge in [-0.05, 0) is 11.6 Å². The number of nitrogens with one attached hydrogen (secondary N) is 2. The van der Waals surface area contributed by atoms with Crippen molar-refractivity contribution in [2.75, 3.05) is 18.4 Å². The lowest BCUT2D eigenvalue weighted by Gasteiger charge is -2.09. The molecule has 0 saturated heterocycles. The van der Waals surface area contributed by atoms with Gasteiger partial charge in [0.1, 0.15) is 0 Å². The second-order valence-corrected chi connectivity index (χ2v) is 3.60. The van der Waals surface area contributed by atoms with E-state index in [1.54, 1.807) is 6.92 Å². The molecular weight excluding hydrogens is 176 g/mol. The first-order valence-corrected chi connectivity index (χ1v) is 4.84. The fraction of sp³-hybridized carbons (Fsp3) is 0.364. The van der Waals surface area contributed by atoms with Crippen LogP contribution in [0.2, 0.25) is 0 Å². The van der Waals surface area contributed by atoms with Crippen LogP contribution in [-0.4, -0.2) is 19.0 Å². The van der Waals surface area contributed by atoms with Gasteiger partial charge in [0, 0.05) is 31.6 Å². The van der Waals surface area contributed by atoms with E-state index in [2.05, 4.69) is 22.8 Å². The third kappa shape index (κ3) is 1.71. The smallest absolute Gasteiger partial charge is 0.216 e. The molecule has 0 bridgehead atoms. The first-order chi connectivity index (χ1) is 6.77. The van der Waals surface area contributed by atoms with E-state index in [0.717, 1.165) is 13.1 Å². The lowest BCUT2D eigenvalue weighted by Crippen LogP contribution is -2.26. The van der Waals surface area contributed by atoms with Gasteiger partial charge in [0.2, 0.25) is 5.91 Å². The van der Waals surface area contributed by atoms with Gasteiger partial charge >= 0.3 is 0 Å². The van der Waals surface area contributed by atoms with E-state index in [9.17, 15) is 4.79 Å². The molecule has 14 heavy (non-hydrogen) atoms. The van der Waals surface area contributed by atoms with E-state index in [1.165, 1.54) is 11.3 Å². The molecule has 3 nitrogen and oxygen atoms in total. The van der Waals surface area contributed by atoms with E-state index < -0.39 is 0 Å². The predicted octanol–water partition coefficient (Wildman–Crippen LogP) is 1.33. The molecule has 1 aliphatic rings. The normalized spacial score (nSPS) is 18.5. The van der Waals surface area contributed by atoms with Crippen LogP contribution >= 0.6 is 0 Å². The minimum Gasteiger partial charge on any atom is -0.384 e. The number of fused-ring (bicyclic) bond motifs is 1. The number of para-hydroxylation sites is 1. The molecule has 0 saturated carbocycles. The van der Waals surface area contributed by atoms with Crippen molar-refractivity contribution < 1.29 is 4.79 Å². The maximum Gasteiger partial charge on any atom is 0.216 e. The Morgan fingerprint density at radius 1 is 1.57 bits per heavy atom. The van der Waals surface area contributed by atoms with Gasteiger partial charge in [0.25, 0.3) is 0 Å². The molecule has 2 N–H and O–H groups in total. The highest BCUT2D eigenvalue weighted by Crippen LogP contribution is 2.30. The minimum absolute atomic E-state index is 0.0365. The molecule has 3 heteroatoms. The molecular formula is C11H14N2O. The molecule has 0 spiro atoms. The molecule has 0 unspecified atom stereocenters. The van der Waals surface area contributed by atoms with Crippen molar-refractivity contribution in [2.24, 2.45) is 0 Å². The molecule has 1 aromatic carbocycles. The maximum absolute atomic E-state index is 10.8. The molecule has 1 aliphatic heterocycles. The molecule has 0 aliphatic carbocycles. The zero-order valence-corrected chi connectivity index (χ0v) is 8.21. The highest BCUT2D eigenvalue weighted by molar-refractivity contribution is 5.73. The van der Waals surface area contributed by atoms with Crippen LogP contribution in [0.25, 0.3) is 0 Å².